The van der Waals surface area contributed by atoms with Crippen LogP contribution in [0.25, 0.3) is 22.8 Å². The molecule has 4 rings (SSSR count). The Morgan fingerprint density at radius 1 is 1.00 bits per heavy atom. The Bertz CT molecular complexity index is 775. The van der Waals surface area contributed by atoms with Crippen molar-refractivity contribution < 1.29 is 18.8 Å². The summed E-state index contributed by atoms with van der Waals surface area (Å²) in [5, 5.41) is 30.4. The highest BCUT2D eigenvalue weighted by molar-refractivity contribution is 5.88. The van der Waals surface area contributed by atoms with Gasteiger partial charge in [0.05, 0.1) is 0 Å². The lowest BCUT2D eigenvalue weighted by atomic mass is 10.2. The molecule has 2 N–H and O–H groups in total. The largest absolute Gasteiger partial charge is 0.359 e. The van der Waals surface area contributed by atoms with Gasteiger partial charge in [0.25, 0.3) is 11.4 Å². The lowest BCUT2D eigenvalue weighted by Gasteiger charge is -2.16. The van der Waals surface area contributed by atoms with Crippen LogP contribution in [0.1, 0.15) is 0 Å². The van der Waals surface area contributed by atoms with Gasteiger partial charge in [-0.15, -0.1) is 0 Å². The van der Waals surface area contributed by atoms with Crippen LogP contribution >= 0.6 is 0 Å². The SMILES string of the molecule is NCCN1c2nonc2-c2no[n+]([O-])c2-c2nonc21. The van der Waals surface area contributed by atoms with Crippen LogP contribution in [0.3, 0.4) is 0 Å². The standard InChI is InChI=1S/C8H6N8O4/c9-1-2-15-7-4(10-18-13-7)3-6(16(17)20-12-3)5-8(15)14-19-11-5/h1-2,9H2. The predicted octanol–water partition coefficient (Wildman–Crippen LogP) is -1.18. The quantitative estimate of drug-likeness (QED) is 0.561. The zero-order valence-electron chi connectivity index (χ0n) is 9.76. The van der Waals surface area contributed by atoms with Gasteiger partial charge in [0.2, 0.25) is 23.0 Å². The number of anilines is 2. The molecule has 4 heterocycles. The Morgan fingerprint density at radius 3 is 2.45 bits per heavy atom. The molecule has 0 unspecified atom stereocenters. The first-order chi connectivity index (χ1) is 9.81. The highest BCUT2D eigenvalue weighted by atomic mass is 16.8. The molecule has 3 aromatic rings. The number of aromatic nitrogens is 6. The van der Waals surface area contributed by atoms with Crippen LogP contribution < -0.4 is 15.5 Å². The fourth-order valence-electron chi connectivity index (χ4n) is 2.06. The third-order valence-corrected chi connectivity index (χ3v) is 2.87. The average Bonchev–Trinajstić information content (AvgIpc) is 3.13. The van der Waals surface area contributed by atoms with Gasteiger partial charge in [-0.1, -0.05) is 0 Å². The fourth-order valence-corrected chi connectivity index (χ4v) is 2.06. The second-order valence-electron chi connectivity index (χ2n) is 3.94. The lowest BCUT2D eigenvalue weighted by Crippen LogP contribution is -2.27. The maximum atomic E-state index is 11.7. The molecule has 1 aliphatic rings. The molecule has 3 aromatic heterocycles. The molecular formula is C8H6N8O4. The molecule has 0 spiro atoms. The van der Waals surface area contributed by atoms with Crippen LogP contribution in [0.4, 0.5) is 11.6 Å². The second-order valence-corrected chi connectivity index (χ2v) is 3.94. The van der Waals surface area contributed by atoms with Crippen LogP contribution in [0, 0.1) is 5.21 Å². The van der Waals surface area contributed by atoms with E-state index in [1.807, 2.05) is 0 Å². The number of rotatable bonds is 2. The van der Waals surface area contributed by atoms with Gasteiger partial charge in [-0.2, -0.15) is 0 Å². The minimum Gasteiger partial charge on any atom is -0.359 e. The third kappa shape index (κ3) is 1.22. The summed E-state index contributed by atoms with van der Waals surface area (Å²) in [4.78, 5) is 1.78. The highest BCUT2D eigenvalue weighted by Gasteiger charge is 2.40. The number of fused-ring (bicyclic) bond motifs is 5. The van der Waals surface area contributed by atoms with E-state index in [2.05, 4.69) is 35.0 Å². The fraction of sp³-hybridized carbons (Fsp3) is 0.250. The summed E-state index contributed by atoms with van der Waals surface area (Å²) in [6.45, 7) is 0.653. The molecular weight excluding hydrogens is 272 g/mol. The van der Waals surface area contributed by atoms with Gasteiger partial charge in [0.1, 0.15) is 0 Å². The molecule has 0 amide bonds. The molecule has 0 aromatic carbocycles. The topological polar surface area (TPSA) is 160 Å². The van der Waals surface area contributed by atoms with E-state index >= 15 is 0 Å². The molecule has 0 atom stereocenters. The van der Waals surface area contributed by atoms with Crippen molar-refractivity contribution in [3.8, 4) is 22.8 Å². The summed E-state index contributed by atoms with van der Waals surface area (Å²) < 4.78 is 14.0. The minimum absolute atomic E-state index is 0.0257. The molecule has 0 bridgehead atoms. The summed E-state index contributed by atoms with van der Waals surface area (Å²) in [5.74, 6) is 0.569. The van der Waals surface area contributed by atoms with Crippen LogP contribution in [0.15, 0.2) is 13.9 Å². The van der Waals surface area contributed by atoms with Crippen molar-refractivity contribution in [3.63, 3.8) is 0 Å². The Balaban J connectivity index is 2.07. The van der Waals surface area contributed by atoms with Crippen molar-refractivity contribution in [3.05, 3.63) is 5.21 Å². The summed E-state index contributed by atoms with van der Waals surface area (Å²) in [5.41, 5.74) is 6.16. The van der Waals surface area contributed by atoms with Crippen LogP contribution in [0.5, 0.6) is 0 Å². The van der Waals surface area contributed by atoms with Crippen LogP contribution in [-0.4, -0.2) is 38.9 Å². The monoisotopic (exact) mass is 278 g/mol. The van der Waals surface area contributed by atoms with Gasteiger partial charge in [-0.3, -0.25) is 9.53 Å². The molecule has 0 radical (unpaired) electrons. The van der Waals surface area contributed by atoms with Crippen molar-refractivity contribution in [1.29, 1.82) is 0 Å². The van der Waals surface area contributed by atoms with E-state index in [-0.39, 0.29) is 33.5 Å². The van der Waals surface area contributed by atoms with E-state index < -0.39 is 0 Å². The Morgan fingerprint density at radius 2 is 1.70 bits per heavy atom. The second kappa shape index (κ2) is 3.74. The Kier molecular flexibility index (Phi) is 2.03. The maximum absolute atomic E-state index is 11.7. The highest BCUT2D eigenvalue weighted by Crippen LogP contribution is 2.41. The minimum atomic E-state index is 0.0257. The normalized spacial score (nSPS) is 12.8. The molecule has 1 aliphatic heterocycles. The van der Waals surface area contributed by atoms with Gasteiger partial charge >= 0.3 is 0 Å². The summed E-state index contributed by atoms with van der Waals surface area (Å²) in [6.07, 6.45) is 0. The van der Waals surface area contributed by atoms with E-state index in [9.17, 15) is 5.21 Å². The lowest BCUT2D eigenvalue weighted by molar-refractivity contribution is -0.793. The maximum Gasteiger partial charge on any atom is 0.284 e. The van der Waals surface area contributed by atoms with E-state index in [1.54, 1.807) is 4.90 Å². The Labute approximate surface area is 109 Å². The van der Waals surface area contributed by atoms with E-state index in [0.717, 1.165) is 0 Å². The summed E-state index contributed by atoms with van der Waals surface area (Å²) in [6, 6.07) is 0. The first-order valence-corrected chi connectivity index (χ1v) is 5.54. The molecule has 0 saturated heterocycles. The van der Waals surface area contributed by atoms with E-state index in [0.29, 0.717) is 18.9 Å². The molecule has 12 nitrogen and oxygen atoms in total. The third-order valence-electron chi connectivity index (χ3n) is 2.87. The first-order valence-electron chi connectivity index (χ1n) is 5.54. The molecule has 0 aliphatic carbocycles. The number of hydrogen-bond donors (Lipinski definition) is 1. The number of nitrogens with zero attached hydrogens (tertiary/aromatic N) is 7. The number of hydrogen-bond acceptors (Lipinski definition) is 11. The number of nitrogens with two attached hydrogens (primary N) is 1. The van der Waals surface area contributed by atoms with Crippen LogP contribution in [0.2, 0.25) is 0 Å². The first kappa shape index (κ1) is 10.9. The Hall–Kier alpha value is -3.02. The summed E-state index contributed by atoms with van der Waals surface area (Å²) >= 11 is 0. The van der Waals surface area contributed by atoms with Gasteiger partial charge in [-0.05, 0) is 25.5 Å². The van der Waals surface area contributed by atoms with Gasteiger partial charge in [0, 0.05) is 18.2 Å². The molecule has 12 heteroatoms. The predicted molar refractivity (Wildman–Crippen MR) is 58.1 cm³/mol. The van der Waals surface area contributed by atoms with Gasteiger partial charge < -0.3 is 10.9 Å². The zero-order chi connectivity index (χ0) is 13.7. The molecule has 0 fully saturated rings. The smallest absolute Gasteiger partial charge is 0.284 e. The average molecular weight is 278 g/mol. The van der Waals surface area contributed by atoms with Crippen molar-refractivity contribution >= 4 is 11.6 Å². The van der Waals surface area contributed by atoms with Crippen LogP contribution in [-0.2, 0) is 0 Å². The molecule has 102 valence electrons. The van der Waals surface area contributed by atoms with Crippen molar-refractivity contribution in [2.75, 3.05) is 18.0 Å². The van der Waals surface area contributed by atoms with E-state index in [4.69, 9.17) is 10.4 Å². The van der Waals surface area contributed by atoms with Crippen molar-refractivity contribution in [1.82, 2.24) is 25.8 Å². The molecule has 20 heavy (non-hydrogen) atoms. The molecule has 0 saturated carbocycles. The van der Waals surface area contributed by atoms with Gasteiger partial charge in [0.15, 0.2) is 0 Å². The zero-order valence-corrected chi connectivity index (χ0v) is 9.76. The van der Waals surface area contributed by atoms with Gasteiger partial charge in [-0.25, -0.2) is 9.26 Å². The van der Waals surface area contributed by atoms with Crippen molar-refractivity contribution in [2.45, 2.75) is 0 Å². The van der Waals surface area contributed by atoms with E-state index in [1.165, 1.54) is 0 Å². The van der Waals surface area contributed by atoms with Crippen molar-refractivity contribution in [2.24, 2.45) is 5.73 Å². The summed E-state index contributed by atoms with van der Waals surface area (Å²) in [7, 11) is 0.